The maximum absolute atomic E-state index is 10.9. The highest BCUT2D eigenvalue weighted by atomic mass is 32.2. The van der Waals surface area contributed by atoms with Crippen LogP contribution in [-0.2, 0) is 9.84 Å². The van der Waals surface area contributed by atoms with Crippen LogP contribution in [0.15, 0.2) is 0 Å². The van der Waals surface area contributed by atoms with Crippen LogP contribution in [0.25, 0.3) is 0 Å². The Kier molecular flexibility index (Phi) is 2.78. The summed E-state index contributed by atoms with van der Waals surface area (Å²) in [7, 11) is -2.76. The fourth-order valence-corrected chi connectivity index (χ4v) is 2.63. The summed E-state index contributed by atoms with van der Waals surface area (Å²) in [5.74, 6) is 0.735. The van der Waals surface area contributed by atoms with Gasteiger partial charge in [0.05, 0.1) is 5.75 Å². The van der Waals surface area contributed by atoms with Gasteiger partial charge in [-0.05, 0) is 19.8 Å². The molecule has 0 radical (unpaired) electrons. The first kappa shape index (κ1) is 9.99. The Labute approximate surface area is 74.7 Å². The molecule has 0 amide bonds. The first-order chi connectivity index (χ1) is 5.38. The van der Waals surface area contributed by atoms with Gasteiger partial charge in [0.2, 0.25) is 0 Å². The molecule has 1 saturated heterocycles. The average molecular weight is 191 g/mol. The first-order valence-electron chi connectivity index (χ1n) is 4.30. The van der Waals surface area contributed by atoms with Gasteiger partial charge in [-0.1, -0.05) is 0 Å². The number of hydrogen-bond donors (Lipinski definition) is 0. The number of sulfone groups is 1. The standard InChI is InChI=1S/C8H17NO2S/c1-7(2)9-4-8(5-9)6-12(3,10)11/h7-8H,4-6H2,1-3H3. The molecule has 0 spiro atoms. The lowest BCUT2D eigenvalue weighted by Crippen LogP contribution is -2.52. The summed E-state index contributed by atoms with van der Waals surface area (Å²) in [6.45, 7) is 6.17. The van der Waals surface area contributed by atoms with E-state index >= 15 is 0 Å². The zero-order valence-corrected chi connectivity index (χ0v) is 8.76. The molecule has 1 heterocycles. The van der Waals surface area contributed by atoms with E-state index < -0.39 is 9.84 Å². The summed E-state index contributed by atoms with van der Waals surface area (Å²) in [6.07, 6.45) is 1.31. The molecular weight excluding hydrogens is 174 g/mol. The normalized spacial score (nSPS) is 21.3. The molecule has 1 aliphatic heterocycles. The molecular formula is C8H17NO2S. The topological polar surface area (TPSA) is 37.4 Å². The summed E-state index contributed by atoms with van der Waals surface area (Å²) in [5, 5.41) is 0. The Balaban J connectivity index is 2.27. The Morgan fingerprint density at radius 2 is 1.92 bits per heavy atom. The summed E-state index contributed by atoms with van der Waals surface area (Å²) >= 11 is 0. The van der Waals surface area contributed by atoms with Gasteiger partial charge in [0, 0.05) is 25.4 Å². The van der Waals surface area contributed by atoms with Gasteiger partial charge in [-0.2, -0.15) is 0 Å². The van der Waals surface area contributed by atoms with Crippen LogP contribution in [0.5, 0.6) is 0 Å². The van der Waals surface area contributed by atoms with E-state index in [0.717, 1.165) is 13.1 Å². The van der Waals surface area contributed by atoms with Crippen molar-refractivity contribution in [2.45, 2.75) is 19.9 Å². The zero-order chi connectivity index (χ0) is 9.35. The predicted octanol–water partition coefficient (Wildman–Crippen LogP) is 0.371. The largest absolute Gasteiger partial charge is 0.300 e. The van der Waals surface area contributed by atoms with Crippen molar-refractivity contribution < 1.29 is 8.42 Å². The maximum atomic E-state index is 10.9. The SMILES string of the molecule is CC(C)N1CC(CS(C)(=O)=O)C1. The minimum atomic E-state index is -2.76. The van der Waals surface area contributed by atoms with Crippen molar-refractivity contribution in [3.05, 3.63) is 0 Å². The molecule has 0 N–H and O–H groups in total. The van der Waals surface area contributed by atoms with Gasteiger partial charge in [-0.3, -0.25) is 0 Å². The lowest BCUT2D eigenvalue weighted by Gasteiger charge is -2.41. The maximum Gasteiger partial charge on any atom is 0.147 e. The molecule has 0 aliphatic carbocycles. The third-order valence-corrected chi connectivity index (χ3v) is 3.33. The van der Waals surface area contributed by atoms with E-state index in [1.807, 2.05) is 0 Å². The Hall–Kier alpha value is -0.0900. The minimum absolute atomic E-state index is 0.357. The molecule has 0 aromatic rings. The summed E-state index contributed by atoms with van der Waals surface area (Å²) in [5.41, 5.74) is 0. The molecule has 1 rings (SSSR count). The van der Waals surface area contributed by atoms with Crippen molar-refractivity contribution in [1.82, 2.24) is 4.90 Å². The van der Waals surface area contributed by atoms with Crippen LogP contribution < -0.4 is 0 Å². The number of nitrogens with zero attached hydrogens (tertiary/aromatic N) is 1. The average Bonchev–Trinajstić information content (AvgIpc) is 1.74. The van der Waals surface area contributed by atoms with E-state index in [2.05, 4.69) is 18.7 Å². The summed E-state index contributed by atoms with van der Waals surface area (Å²) in [4.78, 5) is 2.29. The van der Waals surface area contributed by atoms with Crippen LogP contribution in [0.2, 0.25) is 0 Å². The van der Waals surface area contributed by atoms with E-state index in [-0.39, 0.29) is 0 Å². The summed E-state index contributed by atoms with van der Waals surface area (Å²) < 4.78 is 21.8. The van der Waals surface area contributed by atoms with Crippen molar-refractivity contribution >= 4 is 9.84 Å². The molecule has 1 fully saturated rings. The number of likely N-dealkylation sites (tertiary alicyclic amines) is 1. The third kappa shape index (κ3) is 2.75. The third-order valence-electron chi connectivity index (χ3n) is 2.25. The van der Waals surface area contributed by atoms with Crippen molar-refractivity contribution in [2.75, 3.05) is 25.1 Å². The lowest BCUT2D eigenvalue weighted by atomic mass is 10.0. The quantitative estimate of drug-likeness (QED) is 0.647. The van der Waals surface area contributed by atoms with Crippen LogP contribution in [0, 0.1) is 5.92 Å². The van der Waals surface area contributed by atoms with Crippen LogP contribution in [0.1, 0.15) is 13.8 Å². The van der Waals surface area contributed by atoms with Crippen molar-refractivity contribution in [2.24, 2.45) is 5.92 Å². The van der Waals surface area contributed by atoms with Crippen LogP contribution in [-0.4, -0.2) is 44.5 Å². The van der Waals surface area contributed by atoms with Crippen molar-refractivity contribution in [3.8, 4) is 0 Å². The van der Waals surface area contributed by atoms with E-state index in [0.29, 0.717) is 17.7 Å². The number of rotatable bonds is 3. The second kappa shape index (κ2) is 3.34. The molecule has 12 heavy (non-hydrogen) atoms. The molecule has 4 heteroatoms. The molecule has 72 valence electrons. The van der Waals surface area contributed by atoms with E-state index in [1.54, 1.807) is 0 Å². The Bertz CT molecular complexity index is 240. The molecule has 0 saturated carbocycles. The molecule has 0 bridgehead atoms. The minimum Gasteiger partial charge on any atom is -0.300 e. The van der Waals surface area contributed by atoms with Crippen LogP contribution in [0.4, 0.5) is 0 Å². The van der Waals surface area contributed by atoms with Gasteiger partial charge in [0.25, 0.3) is 0 Å². The molecule has 0 unspecified atom stereocenters. The number of hydrogen-bond acceptors (Lipinski definition) is 3. The highest BCUT2D eigenvalue weighted by molar-refractivity contribution is 7.90. The van der Waals surface area contributed by atoms with E-state index in [1.165, 1.54) is 6.26 Å². The zero-order valence-electron chi connectivity index (χ0n) is 7.95. The molecule has 0 aromatic carbocycles. The fraction of sp³-hybridized carbons (Fsp3) is 1.00. The van der Waals surface area contributed by atoms with Gasteiger partial charge in [0.15, 0.2) is 0 Å². The predicted molar refractivity (Wildman–Crippen MR) is 49.9 cm³/mol. The van der Waals surface area contributed by atoms with Gasteiger partial charge in [0.1, 0.15) is 9.84 Å². The molecule has 0 atom stereocenters. The molecule has 1 aliphatic rings. The van der Waals surface area contributed by atoms with Gasteiger partial charge >= 0.3 is 0 Å². The van der Waals surface area contributed by atoms with Crippen LogP contribution in [0.3, 0.4) is 0 Å². The second-order valence-electron chi connectivity index (χ2n) is 4.01. The van der Waals surface area contributed by atoms with Crippen molar-refractivity contribution in [1.29, 1.82) is 0 Å². The highest BCUT2D eigenvalue weighted by Crippen LogP contribution is 2.19. The molecule has 0 aromatic heterocycles. The van der Waals surface area contributed by atoms with Crippen molar-refractivity contribution in [3.63, 3.8) is 0 Å². The van der Waals surface area contributed by atoms with Gasteiger partial charge in [-0.25, -0.2) is 8.42 Å². The summed E-state index contributed by atoms with van der Waals surface area (Å²) in [6, 6.07) is 0.556. The van der Waals surface area contributed by atoms with E-state index in [4.69, 9.17) is 0 Å². The molecule has 3 nitrogen and oxygen atoms in total. The van der Waals surface area contributed by atoms with Crippen LogP contribution >= 0.6 is 0 Å². The van der Waals surface area contributed by atoms with Gasteiger partial charge < -0.3 is 4.90 Å². The Morgan fingerprint density at radius 3 is 2.25 bits per heavy atom. The van der Waals surface area contributed by atoms with E-state index in [9.17, 15) is 8.42 Å². The smallest absolute Gasteiger partial charge is 0.147 e. The lowest BCUT2D eigenvalue weighted by molar-refractivity contribution is 0.0804. The fourth-order valence-electron chi connectivity index (χ4n) is 1.57. The monoisotopic (exact) mass is 191 g/mol. The second-order valence-corrected chi connectivity index (χ2v) is 6.19. The highest BCUT2D eigenvalue weighted by Gasteiger charge is 2.30. The van der Waals surface area contributed by atoms with Gasteiger partial charge in [-0.15, -0.1) is 0 Å². The first-order valence-corrected chi connectivity index (χ1v) is 6.36. The Morgan fingerprint density at radius 1 is 1.42 bits per heavy atom.